The number of esters is 3. The molecule has 0 aromatic carbocycles. The van der Waals surface area contributed by atoms with E-state index in [9.17, 15) is 14.4 Å². The molecule has 0 spiro atoms. The van der Waals surface area contributed by atoms with Crippen LogP contribution in [-0.4, -0.2) is 37.2 Å². The lowest BCUT2D eigenvalue weighted by Gasteiger charge is -2.18. The van der Waals surface area contributed by atoms with E-state index in [1.807, 2.05) is 0 Å². The van der Waals surface area contributed by atoms with Crippen molar-refractivity contribution in [1.82, 2.24) is 0 Å². The van der Waals surface area contributed by atoms with E-state index in [0.717, 1.165) is 96.3 Å². The molecule has 0 bridgehead atoms. The molecule has 6 nitrogen and oxygen atoms in total. The predicted octanol–water partition coefficient (Wildman–Crippen LogP) is 20.4. The Morgan fingerprint density at radius 1 is 0.300 bits per heavy atom. The van der Waals surface area contributed by atoms with Gasteiger partial charge in [-0.15, -0.1) is 0 Å². The van der Waals surface area contributed by atoms with E-state index >= 15 is 0 Å². The summed E-state index contributed by atoms with van der Waals surface area (Å²) in [6.07, 6.45) is 73.5. The van der Waals surface area contributed by atoms with Crippen LogP contribution in [0.4, 0.5) is 0 Å². The molecule has 0 amide bonds. The van der Waals surface area contributed by atoms with Crippen LogP contribution in [0.25, 0.3) is 0 Å². The smallest absolute Gasteiger partial charge is 0.306 e. The average Bonchev–Trinajstić information content (AvgIpc) is 3.36. The van der Waals surface area contributed by atoms with Gasteiger partial charge in [-0.05, 0) is 83.5 Å². The van der Waals surface area contributed by atoms with Crippen LogP contribution in [0.1, 0.15) is 310 Å². The maximum atomic E-state index is 12.9. The van der Waals surface area contributed by atoms with Gasteiger partial charge in [0.25, 0.3) is 0 Å². The molecule has 0 saturated carbocycles. The molecule has 0 aliphatic heterocycles. The Labute approximate surface area is 434 Å². The third-order valence-electron chi connectivity index (χ3n) is 13.3. The first kappa shape index (κ1) is 67.1. The molecule has 1 unspecified atom stereocenters. The summed E-state index contributed by atoms with van der Waals surface area (Å²) in [4.78, 5) is 38.2. The largest absolute Gasteiger partial charge is 0.462 e. The zero-order chi connectivity index (χ0) is 50.7. The van der Waals surface area contributed by atoms with Gasteiger partial charge in [0, 0.05) is 19.3 Å². The van der Waals surface area contributed by atoms with Crippen LogP contribution in [0.3, 0.4) is 0 Å². The molecule has 0 radical (unpaired) electrons. The van der Waals surface area contributed by atoms with Gasteiger partial charge in [-0.25, -0.2) is 0 Å². The van der Waals surface area contributed by atoms with Crippen molar-refractivity contribution >= 4 is 17.9 Å². The fraction of sp³-hybridized carbons (Fsp3) is 0.797. The van der Waals surface area contributed by atoms with Crippen LogP contribution in [-0.2, 0) is 28.6 Å². The van der Waals surface area contributed by atoms with E-state index in [4.69, 9.17) is 14.2 Å². The van der Waals surface area contributed by atoms with Gasteiger partial charge in [0.1, 0.15) is 13.2 Å². The van der Waals surface area contributed by atoms with E-state index in [1.165, 1.54) is 173 Å². The molecule has 0 saturated heterocycles. The minimum Gasteiger partial charge on any atom is -0.462 e. The third kappa shape index (κ3) is 56.0. The van der Waals surface area contributed by atoms with Crippen LogP contribution in [0.15, 0.2) is 60.8 Å². The summed E-state index contributed by atoms with van der Waals surface area (Å²) in [6, 6.07) is 0. The second kappa shape index (κ2) is 58.7. The van der Waals surface area contributed by atoms with Crippen LogP contribution >= 0.6 is 0 Å². The number of carbonyl (C=O) groups is 3. The van der Waals surface area contributed by atoms with Crippen molar-refractivity contribution in [2.45, 2.75) is 316 Å². The quantitative estimate of drug-likeness (QED) is 0.0261. The Hall–Kier alpha value is -2.89. The predicted molar refractivity (Wildman–Crippen MR) is 302 cm³/mol. The molecule has 0 heterocycles. The minimum absolute atomic E-state index is 0.0804. The van der Waals surface area contributed by atoms with Gasteiger partial charge in [-0.2, -0.15) is 0 Å². The molecule has 0 rings (SSSR count). The summed E-state index contributed by atoms with van der Waals surface area (Å²) in [5.74, 6) is -0.886. The number of ether oxygens (including phenoxy) is 3. The second-order valence-corrected chi connectivity index (χ2v) is 20.2. The van der Waals surface area contributed by atoms with Gasteiger partial charge in [0.15, 0.2) is 6.10 Å². The normalized spacial score (nSPS) is 12.4. The van der Waals surface area contributed by atoms with Gasteiger partial charge in [0.05, 0.1) is 0 Å². The van der Waals surface area contributed by atoms with Gasteiger partial charge >= 0.3 is 17.9 Å². The first-order chi connectivity index (χ1) is 34.5. The minimum atomic E-state index is -0.782. The summed E-state index contributed by atoms with van der Waals surface area (Å²) >= 11 is 0. The molecule has 0 N–H and O–H groups in total. The number of carbonyl (C=O) groups excluding carboxylic acids is 3. The highest BCUT2D eigenvalue weighted by molar-refractivity contribution is 5.71. The molecule has 6 heteroatoms. The van der Waals surface area contributed by atoms with Crippen molar-refractivity contribution in [2.24, 2.45) is 0 Å². The Morgan fingerprint density at radius 3 is 0.886 bits per heavy atom. The van der Waals surface area contributed by atoms with Gasteiger partial charge < -0.3 is 14.2 Å². The molecule has 0 aliphatic rings. The molecular formula is C64H114O6. The highest BCUT2D eigenvalue weighted by Crippen LogP contribution is 2.16. The van der Waals surface area contributed by atoms with Gasteiger partial charge in [-0.1, -0.05) is 268 Å². The third-order valence-corrected chi connectivity index (χ3v) is 13.3. The summed E-state index contributed by atoms with van der Waals surface area (Å²) in [5, 5.41) is 0. The molecule has 0 aliphatic carbocycles. The molecule has 1 atom stereocenters. The lowest BCUT2D eigenvalue weighted by atomic mass is 10.0. The van der Waals surface area contributed by atoms with Crippen LogP contribution in [0, 0.1) is 0 Å². The summed E-state index contributed by atoms with van der Waals surface area (Å²) in [5.41, 5.74) is 0. The van der Waals surface area contributed by atoms with E-state index in [2.05, 4.69) is 81.5 Å². The fourth-order valence-corrected chi connectivity index (χ4v) is 8.72. The topological polar surface area (TPSA) is 78.9 Å². The molecule has 0 fully saturated rings. The Balaban J connectivity index is 4.39. The Bertz CT molecular complexity index is 1260. The average molecular weight is 980 g/mol. The highest BCUT2D eigenvalue weighted by Gasteiger charge is 2.19. The molecule has 0 aromatic heterocycles. The lowest BCUT2D eigenvalue weighted by Crippen LogP contribution is -2.30. The molecular weight excluding hydrogens is 865 g/mol. The zero-order valence-corrected chi connectivity index (χ0v) is 46.5. The number of allylic oxidation sites excluding steroid dienone is 10. The van der Waals surface area contributed by atoms with Crippen molar-refractivity contribution in [2.75, 3.05) is 13.2 Å². The van der Waals surface area contributed by atoms with Crippen molar-refractivity contribution < 1.29 is 28.6 Å². The maximum Gasteiger partial charge on any atom is 0.306 e. The van der Waals surface area contributed by atoms with Gasteiger partial charge in [-0.3, -0.25) is 14.4 Å². The number of unbranched alkanes of at least 4 members (excludes halogenated alkanes) is 34. The molecule has 0 aromatic rings. The summed E-state index contributed by atoms with van der Waals surface area (Å²) in [6.45, 7) is 6.55. The van der Waals surface area contributed by atoms with E-state index in [1.54, 1.807) is 0 Å². The standard InChI is InChI=1S/C64H114O6/c1-4-7-10-13-16-19-22-25-28-31-32-34-36-39-42-45-48-51-54-57-63(66)69-60-61(59-68-62(65)56-53-50-47-44-41-38-35-30-27-24-21-18-15-12-9-6-3)70-64(67)58-55-52-49-46-43-40-37-33-29-26-23-20-17-14-11-8-5-2/h7,10,16,19,25,28,30,32,34-35,61H,4-6,8-9,11-15,17-18,20-24,26-27,29,31,33,36-60H2,1-3H3/b10-7-,19-16-,28-25-,34-32-,35-30-. The molecule has 406 valence electrons. The van der Waals surface area contributed by atoms with E-state index < -0.39 is 6.10 Å². The van der Waals surface area contributed by atoms with Crippen molar-refractivity contribution in [3.8, 4) is 0 Å². The lowest BCUT2D eigenvalue weighted by molar-refractivity contribution is -0.167. The first-order valence-corrected chi connectivity index (χ1v) is 30.3. The second-order valence-electron chi connectivity index (χ2n) is 20.2. The zero-order valence-electron chi connectivity index (χ0n) is 46.5. The number of rotatable bonds is 55. The molecule has 70 heavy (non-hydrogen) atoms. The van der Waals surface area contributed by atoms with Crippen LogP contribution in [0.5, 0.6) is 0 Å². The highest BCUT2D eigenvalue weighted by atomic mass is 16.6. The first-order valence-electron chi connectivity index (χ1n) is 30.3. The maximum absolute atomic E-state index is 12.9. The fourth-order valence-electron chi connectivity index (χ4n) is 8.72. The van der Waals surface area contributed by atoms with E-state index in [-0.39, 0.29) is 31.1 Å². The summed E-state index contributed by atoms with van der Waals surface area (Å²) in [7, 11) is 0. The van der Waals surface area contributed by atoms with Crippen molar-refractivity contribution in [3.05, 3.63) is 60.8 Å². The Morgan fingerprint density at radius 2 is 0.557 bits per heavy atom. The Kier molecular flexibility index (Phi) is 56.3. The SMILES string of the molecule is CC/C=C\C/C=C\C/C=C\C/C=C\CCCCCCCCC(=O)OCC(COC(=O)CCCCCCC/C=C\CCCCCCCCC)OC(=O)CCCCCCCCCCCCCCCCCCC. The van der Waals surface area contributed by atoms with Crippen molar-refractivity contribution in [3.63, 3.8) is 0 Å². The summed E-state index contributed by atoms with van der Waals surface area (Å²) < 4.78 is 16.9. The van der Waals surface area contributed by atoms with Crippen molar-refractivity contribution in [1.29, 1.82) is 0 Å². The monoisotopic (exact) mass is 979 g/mol. The number of hydrogen-bond acceptors (Lipinski definition) is 6. The van der Waals surface area contributed by atoms with Crippen LogP contribution < -0.4 is 0 Å². The van der Waals surface area contributed by atoms with E-state index in [0.29, 0.717) is 19.3 Å². The van der Waals surface area contributed by atoms with Gasteiger partial charge in [0.2, 0.25) is 0 Å². The number of hydrogen-bond donors (Lipinski definition) is 0. The van der Waals surface area contributed by atoms with Crippen LogP contribution in [0.2, 0.25) is 0 Å².